The van der Waals surface area contributed by atoms with Crippen molar-refractivity contribution in [3.63, 3.8) is 0 Å². The summed E-state index contributed by atoms with van der Waals surface area (Å²) in [4.78, 5) is 60.9. The molecule has 3 aliphatic heterocycles. The number of rotatable bonds is 18. The Balaban J connectivity index is 0.000000263. The number of nitrogens with zero attached hydrogens (tertiary/aromatic N) is 12. The van der Waals surface area contributed by atoms with Crippen LogP contribution in [0.15, 0.2) is 49.4 Å². The van der Waals surface area contributed by atoms with E-state index in [4.69, 9.17) is 22.6 Å². The maximum Gasteiger partial charge on any atom is 0.362 e. The Labute approximate surface area is 559 Å². The summed E-state index contributed by atoms with van der Waals surface area (Å²) in [7, 11) is -11.9. The Kier molecular flexibility index (Phi) is 27.5. The van der Waals surface area contributed by atoms with Crippen LogP contribution in [0.5, 0.6) is 0 Å². The molecule has 9 rings (SSSR count). The maximum atomic E-state index is 11.9. The zero-order chi connectivity index (χ0) is 58.4. The minimum atomic E-state index is -4.19. The summed E-state index contributed by atoms with van der Waals surface area (Å²) in [6, 6.07) is 0. The van der Waals surface area contributed by atoms with E-state index in [-0.39, 0.29) is 191 Å². The van der Waals surface area contributed by atoms with Gasteiger partial charge in [-0.2, -0.15) is 23.3 Å². The molecule has 3 N–H and O–H groups in total. The number of ether oxygens (including phenoxy) is 3. The number of carbonyl (C=O) groups is 2. The molecule has 83 heavy (non-hydrogen) atoms. The first kappa shape index (κ1) is 72.7. The van der Waals surface area contributed by atoms with Gasteiger partial charge in [-0.1, -0.05) is 41.5 Å². The van der Waals surface area contributed by atoms with Crippen LogP contribution in [0.4, 0.5) is 0 Å². The SMILES string of the molecule is [CH2-]C/C=C/S(=O)(=O)NCC1OC(n2cnc3c(C)ncnc32)C(C)C1C.[CH2-]CC(=O)NS(=O)(=O)OCC1OC(n2cnc3c(C)ncnc32)C(C)C1C.[CH2-]CC(=O)NS(=O)(=O)OC[C@H]1O[C@@H](n2cnc3c(C)ncnc32)[C@H](C)[C@@H]1C.[Y].[Y].[Y]. The Morgan fingerprint density at radius 3 is 1.18 bits per heavy atom. The summed E-state index contributed by atoms with van der Waals surface area (Å²) in [5.74, 6) is -0.995. The molecule has 3 saturated heterocycles. The average Bonchev–Trinajstić information content (AvgIpc) is 4.44. The van der Waals surface area contributed by atoms with Crippen LogP contribution >= 0.6 is 0 Å². The fourth-order valence-electron chi connectivity index (χ4n) is 9.31. The molecule has 0 spiro atoms. The van der Waals surface area contributed by atoms with Gasteiger partial charge in [0, 0.05) is 128 Å². The second kappa shape index (κ2) is 31.4. The quantitative estimate of drug-likeness (QED) is 0.103. The number of imidazole rings is 3. The fourth-order valence-corrected chi connectivity index (χ4v) is 11.7. The third-order valence-corrected chi connectivity index (χ3v) is 17.6. The van der Waals surface area contributed by atoms with Gasteiger partial charge in [0.05, 0.1) is 67.6 Å². The summed E-state index contributed by atoms with van der Waals surface area (Å²) in [6.07, 6.45) is 8.80. The van der Waals surface area contributed by atoms with Crippen LogP contribution in [0.2, 0.25) is 0 Å². The molecule has 3 radical (unpaired) electrons. The molecular formula is C49H68N15O13S3Y3-3. The number of nitrogens with one attached hydrogen (secondary N) is 3. The Morgan fingerprint density at radius 2 is 0.855 bits per heavy atom. The molecule has 9 heterocycles. The van der Waals surface area contributed by atoms with Gasteiger partial charge in [0.2, 0.25) is 21.8 Å². The zero-order valence-electron chi connectivity index (χ0n) is 47.5. The van der Waals surface area contributed by atoms with E-state index in [1.165, 1.54) is 25.1 Å². The van der Waals surface area contributed by atoms with Crippen molar-refractivity contribution in [2.75, 3.05) is 19.8 Å². The van der Waals surface area contributed by atoms with E-state index in [0.717, 1.165) is 33.7 Å². The van der Waals surface area contributed by atoms with Crippen molar-refractivity contribution in [3.05, 3.63) is 87.3 Å². The third-order valence-electron chi connectivity index (χ3n) is 14.6. The second-order valence-corrected chi connectivity index (χ2v) is 24.1. The van der Waals surface area contributed by atoms with Crippen LogP contribution in [0.3, 0.4) is 0 Å². The molecule has 0 aliphatic carbocycles. The van der Waals surface area contributed by atoms with Gasteiger partial charge in [-0.15, -0.1) is 18.9 Å². The molecule has 8 unspecified atom stereocenters. The Hall–Kier alpha value is -2.75. The van der Waals surface area contributed by atoms with Crippen molar-refractivity contribution in [3.8, 4) is 0 Å². The number of hydrogen-bond donors (Lipinski definition) is 3. The molecule has 34 heteroatoms. The molecule has 0 saturated carbocycles. The van der Waals surface area contributed by atoms with Crippen molar-refractivity contribution in [1.82, 2.24) is 72.7 Å². The molecule has 6 aromatic rings. The van der Waals surface area contributed by atoms with Gasteiger partial charge in [-0.25, -0.2) is 67.4 Å². The van der Waals surface area contributed by atoms with Gasteiger partial charge >= 0.3 is 20.6 Å². The molecule has 6 aromatic heterocycles. The first-order valence-corrected chi connectivity index (χ1v) is 30.0. The first-order valence-electron chi connectivity index (χ1n) is 25.6. The molecule has 3 aliphatic rings. The standard InChI is InChI=1S/C17H24N5O3S.2C16H22N5O5S.3Y/c1-5-6-7-26(23,24)21-8-14-11(2)12(3)17(25-14)22-10-20-15-13(4)18-9-19-16(15)22;2*1-5-13(22)20-27(23,24)25-6-12-9(2)10(3)16(26-12)21-8-19-14-11(4)17-7-18-15(14)21;;;/h6-7,9-12,14,17,21H,1,5,8H2,2-4H3;2*7-10,12,16H,1,5-6H2,2-4H3,(H,20,22);;;/q3*-1;;;/b7-6+;;;;;/t;9-,10+,12+,16+;;;;/m.0..../s1. The molecule has 0 aromatic carbocycles. The van der Waals surface area contributed by atoms with Crippen LogP contribution in [0, 0.1) is 77.0 Å². The van der Waals surface area contributed by atoms with Crippen molar-refractivity contribution >= 4 is 75.9 Å². The van der Waals surface area contributed by atoms with Crippen molar-refractivity contribution in [1.29, 1.82) is 0 Å². The van der Waals surface area contributed by atoms with Crippen molar-refractivity contribution in [2.24, 2.45) is 35.5 Å². The Bertz CT molecular complexity index is 3390. The predicted octanol–water partition coefficient (Wildman–Crippen LogP) is 3.77. The molecular weight excluding hydrogens is 1370 g/mol. The monoisotopic (exact) mass is 1440 g/mol. The smallest absolute Gasteiger partial charge is 0.353 e. The zero-order valence-corrected chi connectivity index (χ0v) is 58.5. The van der Waals surface area contributed by atoms with E-state index in [1.54, 1.807) is 28.4 Å². The van der Waals surface area contributed by atoms with Crippen molar-refractivity contribution < 1.29 is 156 Å². The van der Waals surface area contributed by atoms with Crippen LogP contribution in [0.1, 0.15) is 96.6 Å². The van der Waals surface area contributed by atoms with Gasteiger partial charge in [0.25, 0.3) is 0 Å². The van der Waals surface area contributed by atoms with E-state index in [1.807, 2.05) is 62.2 Å². The number of amides is 2. The molecule has 28 nitrogen and oxygen atoms in total. The van der Waals surface area contributed by atoms with E-state index < -0.39 is 54.7 Å². The molecule has 3 fully saturated rings. The molecule has 2 amide bonds. The number of fused-ring (bicyclic) bond motifs is 3. The van der Waals surface area contributed by atoms with Crippen LogP contribution < -0.4 is 14.2 Å². The number of allylic oxidation sites excluding steroid dienone is 1. The number of aromatic nitrogens is 12. The van der Waals surface area contributed by atoms with Gasteiger partial charge < -0.3 is 35.0 Å². The maximum absolute atomic E-state index is 11.9. The normalized spacial score (nSPS) is 25.2. The van der Waals surface area contributed by atoms with Gasteiger partial charge in [0.1, 0.15) is 54.2 Å². The number of sulfonamides is 1. The van der Waals surface area contributed by atoms with E-state index >= 15 is 0 Å². The molecule has 0 bridgehead atoms. The van der Waals surface area contributed by atoms with E-state index in [9.17, 15) is 34.8 Å². The molecule has 447 valence electrons. The minimum absolute atomic E-state index is 0. The van der Waals surface area contributed by atoms with Gasteiger partial charge in [-0.05, 0) is 38.5 Å². The Morgan fingerprint density at radius 1 is 0.530 bits per heavy atom. The topological polar surface area (TPSA) is 350 Å². The van der Waals surface area contributed by atoms with E-state index in [0.29, 0.717) is 28.7 Å². The summed E-state index contributed by atoms with van der Waals surface area (Å²) in [6.45, 7) is 27.7. The number of aryl methyl sites for hydroxylation is 3. The largest absolute Gasteiger partial charge is 0.362 e. The number of hydrogen-bond acceptors (Lipinski definition) is 22. The predicted molar refractivity (Wildman–Crippen MR) is 289 cm³/mol. The summed E-state index contributed by atoms with van der Waals surface area (Å²) >= 11 is 0. The first-order chi connectivity index (χ1) is 37.8. The third kappa shape index (κ3) is 17.7. The van der Waals surface area contributed by atoms with Gasteiger partial charge in [0.15, 0.2) is 16.9 Å². The fraction of sp³-hybridized carbons (Fsp3) is 0.551. The summed E-state index contributed by atoms with van der Waals surface area (Å²) in [5, 5.41) is 1.14. The van der Waals surface area contributed by atoms with Crippen LogP contribution in [-0.4, -0.2) is 134 Å². The summed E-state index contributed by atoms with van der Waals surface area (Å²) < 4.78 is 111. The average molecular weight is 1440 g/mol. The van der Waals surface area contributed by atoms with Crippen molar-refractivity contribution in [2.45, 2.75) is 119 Å². The molecule has 12 atom stereocenters. The summed E-state index contributed by atoms with van der Waals surface area (Å²) in [5.41, 5.74) is 6.52. The van der Waals surface area contributed by atoms with Crippen LogP contribution in [-0.2, 0) is 161 Å². The van der Waals surface area contributed by atoms with Crippen LogP contribution in [0.25, 0.3) is 33.5 Å². The van der Waals surface area contributed by atoms with E-state index in [2.05, 4.69) is 84.2 Å². The number of carbonyl (C=O) groups excluding carboxylic acids is 2. The van der Waals surface area contributed by atoms with Gasteiger partial charge in [-0.3, -0.25) is 31.7 Å². The minimum Gasteiger partial charge on any atom is -0.353 e. The second-order valence-electron chi connectivity index (χ2n) is 19.8.